The summed E-state index contributed by atoms with van der Waals surface area (Å²) in [6.45, 7) is 0.480. The van der Waals surface area contributed by atoms with Gasteiger partial charge >= 0.3 is 5.97 Å². The number of hydrogen-bond acceptors (Lipinski definition) is 9. The van der Waals surface area contributed by atoms with Crippen molar-refractivity contribution >= 4 is 29.2 Å². The first kappa shape index (κ1) is 24.5. The standard InChI is InChI=1S/C25H24N2O9/c1-31-20-12-16(17(13-21(20)32-2)27-24(29)19-5-3-8-34-19)25(30)36-14-23(28)26-15-6-7-18-22(11-15)35-10-4-9-33-18/h3,5-8,11-13H,4,9-10,14H2,1-2H3,(H,26,28)(H,27,29). The van der Waals surface area contributed by atoms with E-state index in [9.17, 15) is 14.4 Å². The summed E-state index contributed by atoms with van der Waals surface area (Å²) in [5.41, 5.74) is 0.496. The number of anilines is 2. The van der Waals surface area contributed by atoms with E-state index in [2.05, 4.69) is 10.6 Å². The third kappa shape index (κ3) is 5.69. The predicted molar refractivity (Wildman–Crippen MR) is 127 cm³/mol. The lowest BCUT2D eigenvalue weighted by atomic mass is 10.1. The molecule has 0 atom stereocenters. The number of amides is 2. The molecule has 0 saturated heterocycles. The lowest BCUT2D eigenvalue weighted by Gasteiger charge is -2.15. The van der Waals surface area contributed by atoms with Crippen LogP contribution in [0.2, 0.25) is 0 Å². The molecule has 1 aliphatic heterocycles. The molecule has 0 fully saturated rings. The van der Waals surface area contributed by atoms with E-state index in [1.165, 1.54) is 38.7 Å². The molecule has 3 aromatic rings. The molecule has 36 heavy (non-hydrogen) atoms. The monoisotopic (exact) mass is 496 g/mol. The van der Waals surface area contributed by atoms with Crippen LogP contribution in [0.15, 0.2) is 53.1 Å². The van der Waals surface area contributed by atoms with Gasteiger partial charge in [-0.3, -0.25) is 9.59 Å². The van der Waals surface area contributed by atoms with Crippen molar-refractivity contribution in [1.82, 2.24) is 0 Å². The highest BCUT2D eigenvalue weighted by molar-refractivity contribution is 6.07. The highest BCUT2D eigenvalue weighted by Gasteiger charge is 2.22. The number of esters is 1. The minimum Gasteiger partial charge on any atom is -0.493 e. The molecular weight excluding hydrogens is 472 g/mol. The Morgan fingerprint density at radius 3 is 2.39 bits per heavy atom. The largest absolute Gasteiger partial charge is 0.493 e. The van der Waals surface area contributed by atoms with Gasteiger partial charge in [0.25, 0.3) is 11.8 Å². The molecule has 1 aliphatic rings. The van der Waals surface area contributed by atoms with Crippen molar-refractivity contribution in [1.29, 1.82) is 0 Å². The van der Waals surface area contributed by atoms with E-state index < -0.39 is 24.4 Å². The van der Waals surface area contributed by atoms with Crippen LogP contribution in [0, 0.1) is 0 Å². The number of nitrogens with one attached hydrogen (secondary N) is 2. The van der Waals surface area contributed by atoms with E-state index in [0.717, 1.165) is 6.42 Å². The normalized spacial score (nSPS) is 12.2. The van der Waals surface area contributed by atoms with E-state index in [1.807, 2.05) is 0 Å². The van der Waals surface area contributed by atoms with E-state index in [1.54, 1.807) is 24.3 Å². The summed E-state index contributed by atoms with van der Waals surface area (Å²) in [7, 11) is 2.81. The van der Waals surface area contributed by atoms with Crippen LogP contribution in [-0.4, -0.2) is 51.8 Å². The van der Waals surface area contributed by atoms with Crippen LogP contribution >= 0.6 is 0 Å². The van der Waals surface area contributed by atoms with E-state index in [4.69, 9.17) is 28.1 Å². The molecule has 0 unspecified atom stereocenters. The Balaban J connectivity index is 1.45. The van der Waals surface area contributed by atoms with Crippen molar-refractivity contribution in [2.45, 2.75) is 6.42 Å². The van der Waals surface area contributed by atoms with Crippen molar-refractivity contribution in [3.63, 3.8) is 0 Å². The summed E-state index contributed by atoms with van der Waals surface area (Å²) in [5.74, 6) is -0.363. The number of hydrogen-bond donors (Lipinski definition) is 2. The number of fused-ring (bicyclic) bond motifs is 1. The van der Waals surface area contributed by atoms with Gasteiger partial charge in [-0.25, -0.2) is 4.79 Å². The van der Waals surface area contributed by atoms with Crippen LogP contribution in [0.4, 0.5) is 11.4 Å². The van der Waals surface area contributed by atoms with Crippen molar-refractivity contribution in [2.75, 3.05) is 44.7 Å². The molecule has 2 N–H and O–H groups in total. The molecule has 0 spiro atoms. The van der Waals surface area contributed by atoms with Gasteiger partial charge in [0.05, 0.1) is 44.9 Å². The molecule has 2 heterocycles. The molecule has 2 amide bonds. The van der Waals surface area contributed by atoms with Gasteiger partial charge in [-0.15, -0.1) is 0 Å². The summed E-state index contributed by atoms with van der Waals surface area (Å²) >= 11 is 0. The second-order valence-corrected chi connectivity index (χ2v) is 7.52. The van der Waals surface area contributed by atoms with Crippen LogP contribution < -0.4 is 29.6 Å². The maximum absolute atomic E-state index is 12.9. The van der Waals surface area contributed by atoms with Gasteiger partial charge in [0.1, 0.15) is 0 Å². The van der Waals surface area contributed by atoms with Gasteiger partial charge in [-0.05, 0) is 24.3 Å². The number of furan rings is 1. The maximum atomic E-state index is 12.9. The van der Waals surface area contributed by atoms with Crippen LogP contribution in [-0.2, 0) is 9.53 Å². The van der Waals surface area contributed by atoms with Crippen molar-refractivity contribution in [3.05, 3.63) is 60.1 Å². The highest BCUT2D eigenvalue weighted by Crippen LogP contribution is 2.34. The fourth-order valence-electron chi connectivity index (χ4n) is 3.39. The maximum Gasteiger partial charge on any atom is 0.340 e. The summed E-state index contributed by atoms with van der Waals surface area (Å²) < 4.78 is 32.0. The Bertz CT molecular complexity index is 1250. The molecule has 1 aromatic heterocycles. The SMILES string of the molecule is COc1cc(NC(=O)c2ccco2)c(C(=O)OCC(=O)Nc2ccc3c(c2)OCCCO3)cc1OC. The Labute approximate surface area is 206 Å². The molecule has 0 saturated carbocycles. The molecule has 4 rings (SSSR count). The molecule has 2 aromatic carbocycles. The first-order valence-corrected chi connectivity index (χ1v) is 11.0. The zero-order valence-electron chi connectivity index (χ0n) is 19.6. The smallest absolute Gasteiger partial charge is 0.340 e. The molecule has 11 nitrogen and oxygen atoms in total. The Kier molecular flexibility index (Phi) is 7.59. The lowest BCUT2D eigenvalue weighted by molar-refractivity contribution is -0.119. The molecule has 188 valence electrons. The third-order valence-corrected chi connectivity index (χ3v) is 5.10. The zero-order valence-corrected chi connectivity index (χ0v) is 19.6. The zero-order chi connectivity index (χ0) is 25.5. The minimum atomic E-state index is -0.862. The van der Waals surface area contributed by atoms with Gasteiger partial charge in [0.2, 0.25) is 0 Å². The van der Waals surface area contributed by atoms with E-state index in [0.29, 0.717) is 30.4 Å². The van der Waals surface area contributed by atoms with Crippen LogP contribution in [0.5, 0.6) is 23.0 Å². The highest BCUT2D eigenvalue weighted by atomic mass is 16.5. The number of carbonyl (C=O) groups excluding carboxylic acids is 3. The topological polar surface area (TPSA) is 135 Å². The van der Waals surface area contributed by atoms with Crippen molar-refractivity contribution < 1.29 is 42.5 Å². The molecular formula is C25H24N2O9. The molecule has 0 aliphatic carbocycles. The van der Waals surface area contributed by atoms with Crippen LogP contribution in [0.1, 0.15) is 27.3 Å². The number of methoxy groups -OCH3 is 2. The van der Waals surface area contributed by atoms with Gasteiger partial charge in [-0.1, -0.05) is 0 Å². The second kappa shape index (κ2) is 11.2. The Hall–Kier alpha value is -4.67. The van der Waals surface area contributed by atoms with Crippen LogP contribution in [0.3, 0.4) is 0 Å². The fraction of sp³-hybridized carbons (Fsp3) is 0.240. The quantitative estimate of drug-likeness (QED) is 0.449. The molecule has 0 bridgehead atoms. The summed E-state index contributed by atoms with van der Waals surface area (Å²) in [6.07, 6.45) is 2.10. The third-order valence-electron chi connectivity index (χ3n) is 5.10. The Morgan fingerprint density at radius 1 is 0.917 bits per heavy atom. The van der Waals surface area contributed by atoms with Gasteiger partial charge < -0.3 is 38.7 Å². The number of ether oxygens (including phenoxy) is 5. The van der Waals surface area contributed by atoms with Gasteiger partial charge in [0, 0.05) is 30.3 Å². The summed E-state index contributed by atoms with van der Waals surface area (Å²) in [4.78, 5) is 37.8. The van der Waals surface area contributed by atoms with Crippen molar-refractivity contribution in [3.8, 4) is 23.0 Å². The summed E-state index contributed by atoms with van der Waals surface area (Å²) in [6, 6.07) is 10.8. The molecule has 11 heteroatoms. The number of carbonyl (C=O) groups is 3. The summed E-state index contributed by atoms with van der Waals surface area (Å²) in [5, 5.41) is 5.23. The lowest BCUT2D eigenvalue weighted by Crippen LogP contribution is -2.22. The predicted octanol–water partition coefficient (Wildman–Crippen LogP) is 3.51. The molecule has 0 radical (unpaired) electrons. The fourth-order valence-corrected chi connectivity index (χ4v) is 3.39. The first-order chi connectivity index (χ1) is 17.5. The average molecular weight is 496 g/mol. The van der Waals surface area contributed by atoms with Crippen molar-refractivity contribution in [2.24, 2.45) is 0 Å². The second-order valence-electron chi connectivity index (χ2n) is 7.52. The van der Waals surface area contributed by atoms with E-state index >= 15 is 0 Å². The first-order valence-electron chi connectivity index (χ1n) is 11.0. The minimum absolute atomic E-state index is 0.0404. The number of benzene rings is 2. The van der Waals surface area contributed by atoms with E-state index in [-0.39, 0.29) is 28.5 Å². The average Bonchev–Trinajstić information content (AvgIpc) is 3.33. The Morgan fingerprint density at radius 2 is 1.67 bits per heavy atom. The van der Waals surface area contributed by atoms with Gasteiger partial charge in [-0.2, -0.15) is 0 Å². The van der Waals surface area contributed by atoms with Gasteiger partial charge in [0.15, 0.2) is 35.4 Å². The number of rotatable bonds is 8. The van der Waals surface area contributed by atoms with Crippen LogP contribution in [0.25, 0.3) is 0 Å².